The number of hydroxylamine groups is 6. The van der Waals surface area contributed by atoms with E-state index in [1.165, 1.54) is 18.2 Å². The van der Waals surface area contributed by atoms with E-state index in [1.807, 2.05) is 62.3 Å². The molecular weight excluding hydrogens is 851 g/mol. The second-order valence-corrected chi connectivity index (χ2v) is 15.2. The van der Waals surface area contributed by atoms with Crippen LogP contribution < -0.4 is 10.1 Å². The molecule has 3 aromatic carbocycles. The Bertz CT molecular complexity index is 2590. The third kappa shape index (κ3) is 9.71. The number of carbonyl (C=O) groups excluding carboxylic acids is 9. The molecule has 4 heterocycles. The van der Waals surface area contributed by atoms with E-state index >= 15 is 0 Å². The van der Waals surface area contributed by atoms with Gasteiger partial charge in [-0.15, -0.1) is 5.06 Å². The summed E-state index contributed by atoms with van der Waals surface area (Å²) in [5.74, 6) is -5.14. The van der Waals surface area contributed by atoms with Gasteiger partial charge in [0.2, 0.25) is 0 Å². The largest absolute Gasteiger partial charge is 0.560 e. The van der Waals surface area contributed by atoms with Gasteiger partial charge in [-0.05, 0) is 74.1 Å². The number of nitrogens with one attached hydrogen (secondary N) is 1. The van der Waals surface area contributed by atoms with E-state index in [4.69, 9.17) is 9.57 Å². The average Bonchev–Trinajstić information content (AvgIpc) is 3.90. The van der Waals surface area contributed by atoms with Crippen LogP contribution in [0.15, 0.2) is 90.2 Å². The molecule has 0 radical (unpaired) electrons. The lowest BCUT2D eigenvalue weighted by Gasteiger charge is -2.30. The van der Waals surface area contributed by atoms with E-state index in [2.05, 4.69) is 15.0 Å². The quantitative estimate of drug-likeness (QED) is 0.275. The monoisotopic (exact) mass is 889 g/mol. The van der Waals surface area contributed by atoms with E-state index < -0.39 is 59.4 Å². The molecule has 3 fully saturated rings. The van der Waals surface area contributed by atoms with E-state index in [0.29, 0.717) is 33.3 Å². The lowest BCUT2D eigenvalue weighted by molar-refractivity contribution is -0.198. The van der Waals surface area contributed by atoms with Crippen molar-refractivity contribution in [3.8, 4) is 5.75 Å². The molecule has 4 aliphatic heterocycles. The number of amides is 7. The van der Waals surface area contributed by atoms with Crippen molar-refractivity contribution in [2.24, 2.45) is 0 Å². The number of allylic oxidation sites excluding steroid dienone is 1. The summed E-state index contributed by atoms with van der Waals surface area (Å²) < 4.78 is 6.30. The molecule has 65 heavy (non-hydrogen) atoms. The van der Waals surface area contributed by atoms with Crippen LogP contribution in [-0.2, 0) is 49.8 Å². The molecule has 20 heteroatoms. The molecule has 5 aliphatic rings. The van der Waals surface area contributed by atoms with Gasteiger partial charge in [0.25, 0.3) is 41.4 Å². The van der Waals surface area contributed by atoms with Crippen LogP contribution in [0, 0.1) is 6.92 Å². The minimum atomic E-state index is -1.48. The second-order valence-electron chi connectivity index (χ2n) is 15.2. The Morgan fingerprint density at radius 2 is 1.23 bits per heavy atom. The summed E-state index contributed by atoms with van der Waals surface area (Å²) in [6.07, 6.45) is 4.22. The number of benzene rings is 3. The van der Waals surface area contributed by atoms with Gasteiger partial charge in [0.15, 0.2) is 0 Å². The lowest BCUT2D eigenvalue weighted by Crippen LogP contribution is -2.37. The van der Waals surface area contributed by atoms with E-state index in [9.17, 15) is 53.1 Å². The number of imide groups is 3. The first kappa shape index (κ1) is 44.8. The smallest absolute Gasteiger partial charge is 0.478 e. The summed E-state index contributed by atoms with van der Waals surface area (Å²) in [6, 6.07) is 16.5. The number of fused-ring (bicyclic) bond motifs is 2. The number of carboxylic acids is 1. The van der Waals surface area contributed by atoms with Crippen LogP contribution in [0.5, 0.6) is 5.75 Å². The fourth-order valence-corrected chi connectivity index (χ4v) is 7.07. The van der Waals surface area contributed by atoms with Gasteiger partial charge in [-0.3, -0.25) is 48.1 Å². The maximum Gasteiger partial charge on any atom is 0.560 e. The SMILES string of the molecule is Cc1ccc2c(c1)OC1=CC(N(C)C)C=CC1=C2c1ccc(C(=O)NCc2ccc(C(=O)ON3C(=O)CCC3=O)cc2)cc1C(=O)O.O=C(ON1C(=O)CCC1=O)ON1C(=O)CCC1=O. The molecule has 7 amide bonds. The summed E-state index contributed by atoms with van der Waals surface area (Å²) in [5, 5.41) is 14.1. The zero-order valence-electron chi connectivity index (χ0n) is 35.0. The predicted octanol–water partition coefficient (Wildman–Crippen LogP) is 3.69. The Balaban J connectivity index is 0.000000292. The van der Waals surface area contributed by atoms with Gasteiger partial charge >= 0.3 is 18.1 Å². The molecule has 2 N–H and O–H groups in total. The van der Waals surface area contributed by atoms with Gasteiger partial charge in [0, 0.05) is 73.4 Å². The van der Waals surface area contributed by atoms with Crippen LogP contribution in [0.3, 0.4) is 0 Å². The Kier molecular flexibility index (Phi) is 12.8. The Morgan fingerprint density at radius 3 is 1.77 bits per heavy atom. The number of hydrogen-bond acceptors (Lipinski definition) is 15. The number of carbonyl (C=O) groups is 10. The lowest BCUT2D eigenvalue weighted by atomic mass is 9.84. The average molecular weight is 890 g/mol. The van der Waals surface area contributed by atoms with E-state index in [1.54, 1.807) is 24.3 Å². The highest BCUT2D eigenvalue weighted by Gasteiger charge is 2.38. The molecule has 3 aromatic rings. The molecule has 0 aromatic heterocycles. The summed E-state index contributed by atoms with van der Waals surface area (Å²) in [7, 11) is 3.93. The van der Waals surface area contributed by atoms with E-state index in [-0.39, 0.29) is 77.9 Å². The van der Waals surface area contributed by atoms with Gasteiger partial charge in [0.1, 0.15) is 11.5 Å². The first-order valence-electron chi connectivity index (χ1n) is 20.0. The fraction of sp³-hybridized carbons (Fsp3) is 0.244. The zero-order valence-corrected chi connectivity index (χ0v) is 35.0. The first-order chi connectivity index (χ1) is 31.0. The summed E-state index contributed by atoms with van der Waals surface area (Å²) in [4.78, 5) is 133. The van der Waals surface area contributed by atoms with Crippen molar-refractivity contribution in [1.29, 1.82) is 0 Å². The molecule has 1 aliphatic carbocycles. The Morgan fingerprint density at radius 1 is 0.708 bits per heavy atom. The number of likely N-dealkylation sites (N-methyl/N-ethyl adjacent to an activating group) is 1. The van der Waals surface area contributed by atoms with Gasteiger partial charge in [-0.1, -0.05) is 52.6 Å². The number of nitrogens with zero attached hydrogens (tertiary/aromatic N) is 4. The molecular formula is C45H39N5O15. The predicted molar refractivity (Wildman–Crippen MR) is 220 cm³/mol. The maximum absolute atomic E-state index is 13.2. The highest BCUT2D eigenvalue weighted by molar-refractivity contribution is 6.05. The fourth-order valence-electron chi connectivity index (χ4n) is 7.07. The third-order valence-corrected chi connectivity index (χ3v) is 10.5. The molecule has 3 saturated heterocycles. The second kappa shape index (κ2) is 18.6. The summed E-state index contributed by atoms with van der Waals surface area (Å²) in [6.45, 7) is 2.05. The van der Waals surface area contributed by atoms with Crippen LogP contribution in [0.4, 0.5) is 4.79 Å². The number of ether oxygens (including phenoxy) is 1. The zero-order chi connectivity index (χ0) is 46.7. The molecule has 0 bridgehead atoms. The minimum absolute atomic E-state index is 0.00248. The topological polar surface area (TPSA) is 253 Å². The Labute approximate surface area is 369 Å². The highest BCUT2D eigenvalue weighted by Crippen LogP contribution is 2.44. The van der Waals surface area contributed by atoms with Crippen molar-refractivity contribution in [1.82, 2.24) is 25.4 Å². The minimum Gasteiger partial charge on any atom is -0.478 e. The number of carboxylic acid groups (broad SMARTS) is 1. The van der Waals surface area contributed by atoms with Crippen molar-refractivity contribution in [3.63, 3.8) is 0 Å². The van der Waals surface area contributed by atoms with Crippen LogP contribution in [0.1, 0.15) is 91.9 Å². The van der Waals surface area contributed by atoms with Gasteiger partial charge < -0.3 is 20.0 Å². The van der Waals surface area contributed by atoms with Crippen molar-refractivity contribution in [3.05, 3.63) is 129 Å². The number of rotatable bonds is 10. The Hall–Kier alpha value is -8.26. The number of hydrogen-bond donors (Lipinski definition) is 2. The third-order valence-electron chi connectivity index (χ3n) is 10.5. The molecule has 1 atom stereocenters. The van der Waals surface area contributed by atoms with Crippen molar-refractivity contribution >= 4 is 65.0 Å². The molecule has 8 rings (SSSR count). The highest BCUT2D eigenvalue weighted by atomic mass is 16.9. The van der Waals surface area contributed by atoms with Crippen LogP contribution in [-0.4, -0.2) is 105 Å². The van der Waals surface area contributed by atoms with Crippen LogP contribution in [0.25, 0.3) is 5.57 Å². The molecule has 0 saturated carbocycles. The van der Waals surface area contributed by atoms with E-state index in [0.717, 1.165) is 16.7 Å². The number of aryl methyl sites for hydroxylation is 1. The van der Waals surface area contributed by atoms with Crippen molar-refractivity contribution < 1.29 is 72.3 Å². The van der Waals surface area contributed by atoms with Crippen LogP contribution >= 0.6 is 0 Å². The van der Waals surface area contributed by atoms with Crippen molar-refractivity contribution in [2.75, 3.05) is 14.1 Å². The molecule has 20 nitrogen and oxygen atoms in total. The molecule has 0 spiro atoms. The molecule has 334 valence electrons. The standard InChI is InChI=1S/C36H31N3O8.C9H8N2O7/c1-20-4-11-26-29(16-20)46-30-18-24(38(2)3)10-13-27(30)33(26)25-12-9-23(17-28(25)35(43)44)34(42)37-19-21-5-7-22(8-6-21)36(45)47-39-31(40)14-15-32(39)41;12-5-1-2-6(13)10(5)17-9(16)18-11-7(14)3-4-8(11)15/h4-13,16-18,24H,14-15,19H2,1-3H3,(H,37,42)(H,43,44);1-4H2. The summed E-state index contributed by atoms with van der Waals surface area (Å²) >= 11 is 0. The normalized spacial score (nSPS) is 17.6. The van der Waals surface area contributed by atoms with Gasteiger partial charge in [-0.25, -0.2) is 9.59 Å². The van der Waals surface area contributed by atoms with Crippen molar-refractivity contribution in [2.45, 2.75) is 58.0 Å². The van der Waals surface area contributed by atoms with Gasteiger partial charge in [-0.2, -0.15) is 4.79 Å². The molecule has 1 unspecified atom stereocenters. The maximum atomic E-state index is 13.2. The number of aromatic carboxylic acids is 1. The first-order valence-corrected chi connectivity index (χ1v) is 20.0. The summed E-state index contributed by atoms with van der Waals surface area (Å²) in [5.41, 5.74) is 4.56. The van der Waals surface area contributed by atoms with Crippen LogP contribution in [0.2, 0.25) is 0 Å². The van der Waals surface area contributed by atoms with Gasteiger partial charge in [0.05, 0.1) is 11.1 Å².